The summed E-state index contributed by atoms with van der Waals surface area (Å²) in [5.74, 6) is -0.257. The van der Waals surface area contributed by atoms with Gasteiger partial charge in [0.15, 0.2) is 0 Å². The number of amides is 1. The Morgan fingerprint density at radius 2 is 2.12 bits per heavy atom. The maximum absolute atomic E-state index is 13.5. The van der Waals surface area contributed by atoms with E-state index in [2.05, 4.69) is 25.1 Å². The standard InChI is InChI=1S/C22H18N8O2/c1-13-5-9-30-14(10-13)11-17(28-30)19-18-15(24-12-25-18)6-8-29(19)22(31)21-27-26-20(32-21)16-4-2-3-7-23-16/h2-5,7,9-12,19H,6,8H2,1H3,(H,24,25)/t19-/m0/s1. The average molecular weight is 426 g/mol. The number of nitrogens with one attached hydrogen (secondary N) is 1. The van der Waals surface area contributed by atoms with Crippen LogP contribution in [0.15, 0.2) is 59.5 Å². The summed E-state index contributed by atoms with van der Waals surface area (Å²) in [6, 6.07) is 10.9. The van der Waals surface area contributed by atoms with Gasteiger partial charge in [0.05, 0.1) is 23.2 Å². The fourth-order valence-corrected chi connectivity index (χ4v) is 4.08. The number of aryl methyl sites for hydroxylation is 1. The van der Waals surface area contributed by atoms with Crippen molar-refractivity contribution in [2.75, 3.05) is 6.54 Å². The minimum atomic E-state index is -0.470. The van der Waals surface area contributed by atoms with Crippen molar-refractivity contribution >= 4 is 11.4 Å². The largest absolute Gasteiger partial charge is 0.411 e. The number of carbonyl (C=O) groups excluding carboxylic acids is 1. The Hall–Kier alpha value is -4.34. The predicted molar refractivity (Wildman–Crippen MR) is 113 cm³/mol. The second kappa shape index (κ2) is 7.12. The van der Waals surface area contributed by atoms with E-state index in [1.54, 1.807) is 34.1 Å². The fourth-order valence-electron chi connectivity index (χ4n) is 4.08. The van der Waals surface area contributed by atoms with E-state index < -0.39 is 6.04 Å². The van der Waals surface area contributed by atoms with Crippen molar-refractivity contribution in [2.45, 2.75) is 19.4 Å². The lowest BCUT2D eigenvalue weighted by Gasteiger charge is -2.32. The van der Waals surface area contributed by atoms with Gasteiger partial charge >= 0.3 is 11.8 Å². The molecule has 0 saturated carbocycles. The topological polar surface area (TPSA) is 118 Å². The van der Waals surface area contributed by atoms with Gasteiger partial charge in [-0.2, -0.15) is 5.10 Å². The lowest BCUT2D eigenvalue weighted by molar-refractivity contribution is 0.0646. The molecule has 5 aromatic rings. The van der Waals surface area contributed by atoms with E-state index in [0.717, 1.165) is 28.2 Å². The molecule has 0 bridgehead atoms. The van der Waals surface area contributed by atoms with Crippen molar-refractivity contribution in [1.82, 2.24) is 39.7 Å². The maximum atomic E-state index is 13.5. The number of hydrogen-bond acceptors (Lipinski definition) is 7. The number of pyridine rings is 2. The SMILES string of the molecule is Cc1ccn2nc([C@H]3c4nc[nH]c4CCN3C(=O)c3nnc(-c4ccccn4)o3)cc2c1. The minimum absolute atomic E-state index is 0.0887. The highest BCUT2D eigenvalue weighted by Gasteiger charge is 2.38. The molecule has 0 fully saturated rings. The quantitative estimate of drug-likeness (QED) is 0.471. The minimum Gasteiger partial charge on any atom is -0.411 e. The van der Waals surface area contributed by atoms with Gasteiger partial charge in [0.2, 0.25) is 0 Å². The molecule has 1 aliphatic heterocycles. The summed E-state index contributed by atoms with van der Waals surface area (Å²) in [7, 11) is 0. The zero-order valence-corrected chi connectivity index (χ0v) is 17.1. The molecule has 0 unspecified atom stereocenters. The van der Waals surface area contributed by atoms with Crippen molar-refractivity contribution in [3.8, 4) is 11.6 Å². The van der Waals surface area contributed by atoms with E-state index in [4.69, 9.17) is 9.52 Å². The molecule has 5 aromatic heterocycles. The molecule has 10 nitrogen and oxygen atoms in total. The Balaban J connectivity index is 1.40. The molecular formula is C22H18N8O2. The third kappa shape index (κ3) is 2.96. The second-order valence-electron chi connectivity index (χ2n) is 7.69. The van der Waals surface area contributed by atoms with Crippen molar-refractivity contribution in [3.05, 3.63) is 83.7 Å². The molecule has 32 heavy (non-hydrogen) atoms. The fraction of sp³-hybridized carbons (Fsp3) is 0.182. The first-order valence-corrected chi connectivity index (χ1v) is 10.2. The van der Waals surface area contributed by atoms with E-state index >= 15 is 0 Å². The smallest absolute Gasteiger partial charge is 0.312 e. The molecule has 0 aromatic carbocycles. The normalized spacial score (nSPS) is 15.8. The van der Waals surface area contributed by atoms with Crippen LogP contribution in [0.4, 0.5) is 0 Å². The molecule has 0 saturated heterocycles. The molecule has 0 radical (unpaired) electrons. The zero-order chi connectivity index (χ0) is 21.7. The van der Waals surface area contributed by atoms with Crippen LogP contribution in [0.5, 0.6) is 0 Å². The van der Waals surface area contributed by atoms with Gasteiger partial charge in [-0.1, -0.05) is 6.07 Å². The van der Waals surface area contributed by atoms with Crippen LogP contribution in [-0.2, 0) is 6.42 Å². The molecule has 0 aliphatic carbocycles. The number of hydrogen-bond donors (Lipinski definition) is 1. The summed E-state index contributed by atoms with van der Waals surface area (Å²) < 4.78 is 7.49. The Bertz CT molecular complexity index is 1430. The van der Waals surface area contributed by atoms with Crippen LogP contribution in [0.2, 0.25) is 0 Å². The number of aromatic amines is 1. The summed E-state index contributed by atoms with van der Waals surface area (Å²) in [6.07, 6.45) is 5.83. The third-order valence-electron chi connectivity index (χ3n) is 5.60. The van der Waals surface area contributed by atoms with E-state index in [0.29, 0.717) is 18.7 Å². The van der Waals surface area contributed by atoms with Crippen LogP contribution in [0.3, 0.4) is 0 Å². The van der Waals surface area contributed by atoms with E-state index in [-0.39, 0.29) is 17.7 Å². The van der Waals surface area contributed by atoms with Crippen molar-refractivity contribution in [3.63, 3.8) is 0 Å². The molecule has 6 heterocycles. The molecule has 6 rings (SSSR count). The van der Waals surface area contributed by atoms with Gasteiger partial charge in [0.25, 0.3) is 5.89 Å². The van der Waals surface area contributed by atoms with E-state index in [1.165, 1.54) is 0 Å². The highest BCUT2D eigenvalue weighted by molar-refractivity contribution is 5.90. The van der Waals surface area contributed by atoms with Crippen LogP contribution in [-0.4, -0.2) is 52.1 Å². The van der Waals surface area contributed by atoms with Gasteiger partial charge in [-0.3, -0.25) is 9.78 Å². The number of carbonyl (C=O) groups is 1. The highest BCUT2D eigenvalue weighted by atomic mass is 16.4. The van der Waals surface area contributed by atoms with Crippen LogP contribution < -0.4 is 0 Å². The number of aromatic nitrogens is 7. The molecule has 0 spiro atoms. The van der Waals surface area contributed by atoms with E-state index in [9.17, 15) is 4.79 Å². The molecule has 10 heteroatoms. The number of imidazole rings is 1. The highest BCUT2D eigenvalue weighted by Crippen LogP contribution is 2.34. The molecule has 158 valence electrons. The molecule has 1 amide bonds. The Morgan fingerprint density at radius 1 is 1.19 bits per heavy atom. The number of nitrogens with zero attached hydrogens (tertiary/aromatic N) is 7. The first-order chi connectivity index (χ1) is 15.7. The van der Waals surface area contributed by atoms with Crippen LogP contribution in [0, 0.1) is 6.92 Å². The van der Waals surface area contributed by atoms with Crippen molar-refractivity contribution in [2.24, 2.45) is 0 Å². The lowest BCUT2D eigenvalue weighted by Crippen LogP contribution is -2.41. The van der Waals surface area contributed by atoms with Gasteiger partial charge in [-0.25, -0.2) is 9.50 Å². The summed E-state index contributed by atoms with van der Waals surface area (Å²) in [4.78, 5) is 27.0. The second-order valence-corrected chi connectivity index (χ2v) is 7.69. The van der Waals surface area contributed by atoms with E-state index in [1.807, 2.05) is 37.4 Å². The number of fused-ring (bicyclic) bond motifs is 2. The summed E-state index contributed by atoms with van der Waals surface area (Å²) in [5.41, 5.74) is 5.08. The Labute approximate surface area is 181 Å². The number of H-pyrrole nitrogens is 1. The summed E-state index contributed by atoms with van der Waals surface area (Å²) in [5, 5.41) is 12.7. The average Bonchev–Trinajstić information content (AvgIpc) is 3.57. The monoisotopic (exact) mass is 426 g/mol. The Kier molecular flexibility index (Phi) is 4.10. The van der Waals surface area contributed by atoms with Crippen LogP contribution in [0.25, 0.3) is 17.1 Å². The zero-order valence-electron chi connectivity index (χ0n) is 17.1. The lowest BCUT2D eigenvalue weighted by atomic mass is 9.99. The van der Waals surface area contributed by atoms with Gasteiger partial charge in [-0.05, 0) is 42.8 Å². The van der Waals surface area contributed by atoms with Gasteiger partial charge in [0.1, 0.15) is 11.7 Å². The maximum Gasteiger partial charge on any atom is 0.312 e. The molecule has 1 aliphatic rings. The molecule has 1 atom stereocenters. The first kappa shape index (κ1) is 18.4. The Morgan fingerprint density at radius 3 is 3.00 bits per heavy atom. The first-order valence-electron chi connectivity index (χ1n) is 10.2. The molecular weight excluding hydrogens is 408 g/mol. The van der Waals surface area contributed by atoms with Crippen LogP contribution in [0.1, 0.15) is 39.4 Å². The van der Waals surface area contributed by atoms with Gasteiger partial charge in [0, 0.05) is 31.1 Å². The van der Waals surface area contributed by atoms with Gasteiger partial charge < -0.3 is 14.3 Å². The predicted octanol–water partition coefficient (Wildman–Crippen LogP) is 2.60. The van der Waals surface area contributed by atoms with Crippen molar-refractivity contribution in [1.29, 1.82) is 0 Å². The van der Waals surface area contributed by atoms with Crippen molar-refractivity contribution < 1.29 is 9.21 Å². The molecule has 1 N–H and O–H groups in total. The van der Waals surface area contributed by atoms with Gasteiger partial charge in [-0.15, -0.1) is 10.2 Å². The summed E-state index contributed by atoms with van der Waals surface area (Å²) in [6.45, 7) is 2.50. The van der Waals surface area contributed by atoms with Crippen LogP contribution >= 0.6 is 0 Å². The summed E-state index contributed by atoms with van der Waals surface area (Å²) >= 11 is 0. The third-order valence-corrected chi connectivity index (χ3v) is 5.60. The number of rotatable bonds is 3.